The summed E-state index contributed by atoms with van der Waals surface area (Å²) in [5.74, 6) is -13.0. The van der Waals surface area contributed by atoms with Gasteiger partial charge in [0, 0.05) is 27.4 Å². The van der Waals surface area contributed by atoms with Gasteiger partial charge >= 0.3 is 12.1 Å². The third-order valence-corrected chi connectivity index (χ3v) is 7.63. The first-order chi connectivity index (χ1) is 21.9. The van der Waals surface area contributed by atoms with Crippen LogP contribution in [0.2, 0.25) is 15.1 Å². The molecule has 0 fully saturated rings. The Balaban J connectivity index is 1.91. The molecule has 0 heterocycles. The summed E-state index contributed by atoms with van der Waals surface area (Å²) in [5, 5.41) is 6.62. The Hall–Kier alpha value is -3.74. The molecule has 0 aliphatic rings. The lowest BCUT2D eigenvalue weighted by atomic mass is 9.88. The molecule has 15 heteroatoms. The van der Waals surface area contributed by atoms with Gasteiger partial charge in [-0.2, -0.15) is 22.0 Å². The van der Waals surface area contributed by atoms with E-state index >= 15 is 0 Å². The quantitative estimate of drug-likeness (QED) is 0.130. The fourth-order valence-corrected chi connectivity index (χ4v) is 5.29. The minimum absolute atomic E-state index is 0.159. The number of Topliss-reactive ketones (excluding diaryl/α,β-unsaturated/α-hetero) is 1. The molecule has 3 aromatic rings. The van der Waals surface area contributed by atoms with E-state index in [2.05, 4.69) is 10.6 Å². The van der Waals surface area contributed by atoms with E-state index in [1.54, 1.807) is 42.5 Å². The lowest BCUT2D eigenvalue weighted by Gasteiger charge is -2.28. The number of halogens is 8. The van der Waals surface area contributed by atoms with Gasteiger partial charge in [-0.15, -0.1) is 0 Å². The van der Waals surface area contributed by atoms with Crippen molar-refractivity contribution in [3.05, 3.63) is 105 Å². The van der Waals surface area contributed by atoms with Crippen LogP contribution in [0.1, 0.15) is 48.9 Å². The first kappa shape index (κ1) is 37.7. The van der Waals surface area contributed by atoms with Crippen molar-refractivity contribution in [3.8, 4) is 0 Å². The van der Waals surface area contributed by atoms with E-state index in [0.29, 0.717) is 21.2 Å². The lowest BCUT2D eigenvalue weighted by molar-refractivity contribution is -0.165. The molecule has 0 radical (unpaired) electrons. The summed E-state index contributed by atoms with van der Waals surface area (Å²) < 4.78 is 67.0. The average Bonchev–Trinajstić information content (AvgIpc) is 2.99. The molecule has 252 valence electrons. The van der Waals surface area contributed by atoms with E-state index in [9.17, 15) is 41.1 Å². The van der Waals surface area contributed by atoms with Crippen LogP contribution < -0.4 is 16.0 Å². The van der Waals surface area contributed by atoms with Crippen molar-refractivity contribution in [1.82, 2.24) is 16.0 Å². The molecule has 3 aromatic carbocycles. The fourth-order valence-electron chi connectivity index (χ4n) is 4.62. The maximum atomic E-state index is 14.8. The Morgan fingerprint density at radius 2 is 1.30 bits per heavy atom. The Kier molecular flexibility index (Phi) is 12.8. The SMILES string of the molecule is CC(C)[C@H](NC(=O)C(NC(=O)CC(c1ccccc1)c1cc(Cl)cc(Cl)c1)c1ccc(Cl)cc1)C(=O)C(F)(F)C(=O)NCC(F)(F)F. The second-order valence-corrected chi connectivity index (χ2v) is 12.2. The monoisotopic (exact) mass is 719 g/mol. The molecule has 3 rings (SSSR count). The normalized spacial score (nSPS) is 13.8. The van der Waals surface area contributed by atoms with E-state index in [4.69, 9.17) is 34.8 Å². The van der Waals surface area contributed by atoms with Crippen LogP contribution >= 0.6 is 34.8 Å². The van der Waals surface area contributed by atoms with Crippen molar-refractivity contribution in [1.29, 1.82) is 0 Å². The zero-order chi connectivity index (χ0) is 35.1. The standard InChI is InChI=1S/C32H29Cl3F5N3O4/c1-17(2)26(28(45)32(39,40)30(47)41-16-31(36,37)38)43-29(46)27(19-8-10-21(33)11-9-19)42-25(44)15-24(18-6-4-3-5-7-18)20-12-22(34)14-23(35)13-20/h3-14,17,24,26-27H,15-16H2,1-2H3,(H,41,47)(H,42,44)(H,43,46)/t24?,26-,27?/m0/s1. The van der Waals surface area contributed by atoms with Gasteiger partial charge in [-0.1, -0.05) is 91.1 Å². The molecule has 0 saturated carbocycles. The maximum Gasteiger partial charge on any atom is 0.405 e. The first-order valence-electron chi connectivity index (χ1n) is 14.0. The number of carbonyl (C=O) groups excluding carboxylic acids is 4. The van der Waals surface area contributed by atoms with E-state index in [0.717, 1.165) is 5.32 Å². The molecule has 0 aromatic heterocycles. The van der Waals surface area contributed by atoms with E-state index in [1.165, 1.54) is 44.2 Å². The van der Waals surface area contributed by atoms with Gasteiger partial charge in [0.1, 0.15) is 12.6 Å². The molecule has 0 bridgehead atoms. The van der Waals surface area contributed by atoms with Gasteiger partial charge < -0.3 is 16.0 Å². The molecular weight excluding hydrogens is 692 g/mol. The molecule has 47 heavy (non-hydrogen) atoms. The molecule has 0 saturated heterocycles. The third kappa shape index (κ3) is 10.6. The topological polar surface area (TPSA) is 104 Å². The van der Waals surface area contributed by atoms with Gasteiger partial charge in [0.25, 0.3) is 5.91 Å². The van der Waals surface area contributed by atoms with Crippen molar-refractivity contribution in [2.24, 2.45) is 5.92 Å². The summed E-state index contributed by atoms with van der Waals surface area (Å²) >= 11 is 18.4. The van der Waals surface area contributed by atoms with Crippen LogP contribution in [0.3, 0.4) is 0 Å². The highest BCUT2D eigenvalue weighted by molar-refractivity contribution is 6.34. The highest BCUT2D eigenvalue weighted by Crippen LogP contribution is 2.32. The van der Waals surface area contributed by atoms with Crippen LogP contribution in [0.25, 0.3) is 0 Å². The second-order valence-electron chi connectivity index (χ2n) is 10.9. The Bertz CT molecular complexity index is 1570. The van der Waals surface area contributed by atoms with Gasteiger partial charge in [-0.3, -0.25) is 19.2 Å². The predicted molar refractivity (Wildman–Crippen MR) is 167 cm³/mol. The number of nitrogens with one attached hydrogen (secondary N) is 3. The smallest absolute Gasteiger partial charge is 0.344 e. The Morgan fingerprint density at radius 1 is 0.723 bits per heavy atom. The molecule has 2 unspecified atom stereocenters. The number of rotatable bonds is 13. The summed E-state index contributed by atoms with van der Waals surface area (Å²) in [6, 6.07) is 15.7. The fraction of sp³-hybridized carbons (Fsp3) is 0.312. The molecule has 7 nitrogen and oxygen atoms in total. The highest BCUT2D eigenvalue weighted by atomic mass is 35.5. The number of alkyl halides is 5. The average molecular weight is 721 g/mol. The molecular formula is C32H29Cl3F5N3O4. The van der Waals surface area contributed by atoms with Crippen molar-refractivity contribution in [3.63, 3.8) is 0 Å². The Morgan fingerprint density at radius 3 is 1.83 bits per heavy atom. The molecule has 3 amide bonds. The van der Waals surface area contributed by atoms with Gasteiger partial charge in [-0.05, 0) is 52.9 Å². The van der Waals surface area contributed by atoms with Crippen molar-refractivity contribution < 1.29 is 41.1 Å². The van der Waals surface area contributed by atoms with Crippen LogP contribution in [-0.2, 0) is 19.2 Å². The van der Waals surface area contributed by atoms with Gasteiger partial charge in [-0.25, -0.2) is 0 Å². The van der Waals surface area contributed by atoms with Crippen molar-refractivity contribution in [2.75, 3.05) is 6.54 Å². The first-order valence-corrected chi connectivity index (χ1v) is 15.2. The minimum atomic E-state index is -5.01. The number of ketones is 1. The zero-order valence-corrected chi connectivity index (χ0v) is 27.1. The molecule has 3 atom stereocenters. The Labute approximate surface area is 282 Å². The number of benzene rings is 3. The zero-order valence-electron chi connectivity index (χ0n) is 24.8. The molecule has 3 N–H and O–H groups in total. The van der Waals surface area contributed by atoms with Crippen LogP contribution in [0, 0.1) is 5.92 Å². The van der Waals surface area contributed by atoms with Gasteiger partial charge in [0.2, 0.25) is 17.6 Å². The van der Waals surface area contributed by atoms with E-state index in [1.807, 2.05) is 0 Å². The largest absolute Gasteiger partial charge is 0.405 e. The molecule has 0 aliphatic heterocycles. The van der Waals surface area contributed by atoms with E-state index < -0.39 is 66.1 Å². The van der Waals surface area contributed by atoms with Crippen LogP contribution in [-0.4, -0.2) is 48.2 Å². The number of carbonyl (C=O) groups is 4. The lowest BCUT2D eigenvalue weighted by Crippen LogP contribution is -2.58. The van der Waals surface area contributed by atoms with Crippen LogP contribution in [0.15, 0.2) is 72.8 Å². The second kappa shape index (κ2) is 15.9. The predicted octanol–water partition coefficient (Wildman–Crippen LogP) is 7.05. The van der Waals surface area contributed by atoms with Gasteiger partial charge in [0.15, 0.2) is 0 Å². The van der Waals surface area contributed by atoms with Crippen molar-refractivity contribution in [2.45, 2.75) is 50.4 Å². The summed E-state index contributed by atoms with van der Waals surface area (Å²) in [6.07, 6.45) is -5.24. The van der Waals surface area contributed by atoms with Crippen LogP contribution in [0.5, 0.6) is 0 Å². The van der Waals surface area contributed by atoms with Gasteiger partial charge in [0.05, 0.1) is 6.04 Å². The summed E-state index contributed by atoms with van der Waals surface area (Å²) in [6.45, 7) is 0.468. The molecule has 0 aliphatic carbocycles. The number of amides is 3. The summed E-state index contributed by atoms with van der Waals surface area (Å²) in [4.78, 5) is 51.9. The minimum Gasteiger partial charge on any atom is -0.344 e. The van der Waals surface area contributed by atoms with E-state index in [-0.39, 0.29) is 17.0 Å². The summed E-state index contributed by atoms with van der Waals surface area (Å²) in [7, 11) is 0. The third-order valence-electron chi connectivity index (χ3n) is 6.94. The maximum absolute atomic E-state index is 14.8. The van der Waals surface area contributed by atoms with Crippen LogP contribution in [0.4, 0.5) is 22.0 Å². The molecule has 0 spiro atoms. The summed E-state index contributed by atoms with van der Waals surface area (Å²) in [5.41, 5.74) is 1.46. The highest BCUT2D eigenvalue weighted by Gasteiger charge is 2.52. The number of hydrogen-bond acceptors (Lipinski definition) is 4. The number of hydrogen-bond donors (Lipinski definition) is 3. The van der Waals surface area contributed by atoms with Crippen molar-refractivity contribution >= 4 is 58.3 Å².